The predicted octanol–water partition coefficient (Wildman–Crippen LogP) is 5.63. The first kappa shape index (κ1) is 14.9. The summed E-state index contributed by atoms with van der Waals surface area (Å²) in [5.41, 5.74) is 2.02. The first-order chi connectivity index (χ1) is 8.80. The van der Waals surface area contributed by atoms with Gasteiger partial charge in [0.25, 0.3) is 0 Å². The normalized spacial score (nSPS) is 11.6. The molecule has 0 spiro atoms. The minimum absolute atomic E-state index is 0.0364. The summed E-state index contributed by atoms with van der Waals surface area (Å²) in [5.74, 6) is 0.783. The van der Waals surface area contributed by atoms with Crippen LogP contribution in [0.1, 0.15) is 26.5 Å². The van der Waals surface area contributed by atoms with E-state index in [0.29, 0.717) is 4.64 Å². The summed E-state index contributed by atoms with van der Waals surface area (Å²) >= 11 is 12.4. The lowest BCUT2D eigenvalue weighted by Gasteiger charge is -2.21. The third kappa shape index (κ3) is 3.15. The van der Waals surface area contributed by atoms with Crippen LogP contribution in [-0.2, 0) is 5.41 Å². The van der Waals surface area contributed by atoms with Gasteiger partial charge in [-0.05, 0) is 22.0 Å². The maximum absolute atomic E-state index is 5.35. The van der Waals surface area contributed by atoms with Crippen molar-refractivity contribution in [2.45, 2.75) is 26.2 Å². The molecule has 0 aliphatic carbocycles. The first-order valence-electron chi connectivity index (χ1n) is 5.86. The molecule has 5 heteroatoms. The quantitative estimate of drug-likeness (QED) is 0.627. The number of halogens is 2. The van der Waals surface area contributed by atoms with Gasteiger partial charge in [-0.25, -0.2) is 4.98 Å². The Bertz CT molecular complexity index is 672. The lowest BCUT2D eigenvalue weighted by molar-refractivity contribution is 0.563. The summed E-state index contributed by atoms with van der Waals surface area (Å²) in [4.78, 5) is 7.86. The van der Waals surface area contributed by atoms with Crippen molar-refractivity contribution in [1.29, 1.82) is 0 Å². The average Bonchev–Trinajstić information content (AvgIpc) is 2.31. The minimum Gasteiger partial charge on any atom is -0.342 e. The number of nitrogens with one attached hydrogen (secondary N) is 1. The van der Waals surface area contributed by atoms with Crippen molar-refractivity contribution in [2.24, 2.45) is 0 Å². The van der Waals surface area contributed by atoms with E-state index in [1.54, 1.807) is 0 Å². The van der Waals surface area contributed by atoms with Gasteiger partial charge < -0.3 is 4.98 Å². The molecule has 0 unspecified atom stereocenters. The van der Waals surface area contributed by atoms with Gasteiger partial charge in [-0.2, -0.15) is 0 Å². The van der Waals surface area contributed by atoms with E-state index in [9.17, 15) is 0 Å². The lowest BCUT2D eigenvalue weighted by Crippen LogP contribution is -2.16. The fourth-order valence-corrected chi connectivity index (χ4v) is 3.20. The summed E-state index contributed by atoms with van der Waals surface area (Å²) in [7, 11) is 0. The highest BCUT2D eigenvalue weighted by atomic mass is 79.9. The summed E-state index contributed by atoms with van der Waals surface area (Å²) in [6, 6.07) is 7.97. The van der Waals surface area contributed by atoms with E-state index in [4.69, 9.17) is 12.2 Å². The van der Waals surface area contributed by atoms with Crippen LogP contribution in [0.15, 0.2) is 33.2 Å². The van der Waals surface area contributed by atoms with Gasteiger partial charge >= 0.3 is 0 Å². The largest absolute Gasteiger partial charge is 0.342 e. The number of H-pyrrole nitrogens is 1. The molecule has 2 aromatic rings. The van der Waals surface area contributed by atoms with Crippen molar-refractivity contribution in [3.05, 3.63) is 43.5 Å². The lowest BCUT2D eigenvalue weighted by atomic mass is 9.92. The summed E-state index contributed by atoms with van der Waals surface area (Å²) < 4.78 is 2.44. The Morgan fingerprint density at radius 3 is 2.37 bits per heavy atom. The van der Waals surface area contributed by atoms with E-state index in [-0.39, 0.29) is 5.41 Å². The molecule has 100 valence electrons. The van der Waals surface area contributed by atoms with Gasteiger partial charge in [0, 0.05) is 21.1 Å². The number of aromatic amines is 1. The number of benzene rings is 1. The number of aromatic nitrogens is 2. The minimum atomic E-state index is -0.0364. The second-order valence-corrected chi connectivity index (χ2v) is 7.34. The monoisotopic (exact) mass is 400 g/mol. The highest BCUT2D eigenvalue weighted by Gasteiger charge is 2.20. The molecule has 2 nitrogen and oxygen atoms in total. The van der Waals surface area contributed by atoms with Crippen LogP contribution >= 0.6 is 44.1 Å². The van der Waals surface area contributed by atoms with Gasteiger partial charge in [0.15, 0.2) is 0 Å². The van der Waals surface area contributed by atoms with Crippen LogP contribution in [0, 0.1) is 4.64 Å². The van der Waals surface area contributed by atoms with Crippen LogP contribution in [0.3, 0.4) is 0 Å². The first-order valence-corrected chi connectivity index (χ1v) is 7.85. The van der Waals surface area contributed by atoms with E-state index in [2.05, 4.69) is 62.6 Å². The molecule has 1 heterocycles. The van der Waals surface area contributed by atoms with Crippen molar-refractivity contribution in [3.63, 3.8) is 0 Å². The molecule has 0 aliphatic rings. The van der Waals surface area contributed by atoms with Gasteiger partial charge in [-0.1, -0.05) is 67.1 Å². The van der Waals surface area contributed by atoms with E-state index in [1.165, 1.54) is 0 Å². The third-order valence-electron chi connectivity index (χ3n) is 2.74. The van der Waals surface area contributed by atoms with E-state index in [0.717, 1.165) is 26.0 Å². The van der Waals surface area contributed by atoms with Gasteiger partial charge in [0.1, 0.15) is 10.5 Å². The van der Waals surface area contributed by atoms with E-state index < -0.39 is 0 Å². The molecular weight excluding hydrogens is 388 g/mol. The van der Waals surface area contributed by atoms with Crippen LogP contribution in [-0.4, -0.2) is 9.97 Å². The number of hydrogen-bond acceptors (Lipinski definition) is 2. The maximum atomic E-state index is 5.35. The highest BCUT2D eigenvalue weighted by molar-refractivity contribution is 9.11. The Hall–Kier alpha value is -0.520. The van der Waals surface area contributed by atoms with Gasteiger partial charge in [0.2, 0.25) is 0 Å². The average molecular weight is 402 g/mol. The van der Waals surface area contributed by atoms with E-state index in [1.807, 2.05) is 24.3 Å². The molecule has 0 radical (unpaired) electrons. The second kappa shape index (κ2) is 5.46. The van der Waals surface area contributed by atoms with Crippen LogP contribution in [0.5, 0.6) is 0 Å². The van der Waals surface area contributed by atoms with Crippen LogP contribution in [0.4, 0.5) is 0 Å². The zero-order valence-corrected chi connectivity index (χ0v) is 14.9. The summed E-state index contributed by atoms with van der Waals surface area (Å²) in [5, 5.41) is 0. The molecule has 1 aromatic carbocycles. The Labute approximate surface area is 134 Å². The van der Waals surface area contributed by atoms with E-state index >= 15 is 0 Å². The standard InChI is InChI=1S/C14H14Br2N2S/c1-14(2,3)11-10(16)13(19)18-12(17-11)8-6-4-5-7-9(8)15/h4-7H,1-3H3,(H,17,18,19). The Kier molecular flexibility index (Phi) is 4.28. The van der Waals surface area contributed by atoms with Crippen molar-refractivity contribution in [1.82, 2.24) is 9.97 Å². The molecule has 0 bridgehead atoms. The topological polar surface area (TPSA) is 28.7 Å². The zero-order chi connectivity index (χ0) is 14.2. The van der Waals surface area contributed by atoms with Gasteiger partial charge in [-0.15, -0.1) is 0 Å². The summed E-state index contributed by atoms with van der Waals surface area (Å²) in [6.45, 7) is 6.42. The molecule has 19 heavy (non-hydrogen) atoms. The number of hydrogen-bond donors (Lipinski definition) is 1. The SMILES string of the molecule is CC(C)(C)c1[nH]c(-c2ccccc2Br)nc(=S)c1Br. The smallest absolute Gasteiger partial charge is 0.144 e. The van der Waals surface area contributed by atoms with Crippen LogP contribution in [0.2, 0.25) is 0 Å². The molecule has 0 aliphatic heterocycles. The molecule has 0 atom stereocenters. The van der Waals surface area contributed by atoms with Gasteiger partial charge in [0.05, 0.1) is 4.47 Å². The molecular formula is C14H14Br2N2S. The molecule has 1 N–H and O–H groups in total. The molecule has 0 saturated carbocycles. The van der Waals surface area contributed by atoms with Crippen molar-refractivity contribution < 1.29 is 0 Å². The fourth-order valence-electron chi connectivity index (χ4n) is 1.76. The zero-order valence-electron chi connectivity index (χ0n) is 10.9. The maximum Gasteiger partial charge on any atom is 0.144 e. The molecule has 2 rings (SSSR count). The molecule has 1 aromatic heterocycles. The fraction of sp³-hybridized carbons (Fsp3) is 0.286. The Morgan fingerprint density at radius 2 is 1.79 bits per heavy atom. The molecule has 0 saturated heterocycles. The van der Waals surface area contributed by atoms with Crippen molar-refractivity contribution in [2.75, 3.05) is 0 Å². The molecule has 0 fully saturated rings. The Morgan fingerprint density at radius 1 is 1.16 bits per heavy atom. The number of rotatable bonds is 1. The van der Waals surface area contributed by atoms with Crippen LogP contribution in [0.25, 0.3) is 11.4 Å². The van der Waals surface area contributed by atoms with Crippen molar-refractivity contribution in [3.8, 4) is 11.4 Å². The van der Waals surface area contributed by atoms with Crippen molar-refractivity contribution >= 4 is 44.1 Å². The van der Waals surface area contributed by atoms with Gasteiger partial charge in [-0.3, -0.25) is 0 Å². The molecule has 0 amide bonds. The Balaban J connectivity index is 2.71. The second-order valence-electron chi connectivity index (χ2n) is 5.31. The number of nitrogens with zero attached hydrogens (tertiary/aromatic N) is 1. The summed E-state index contributed by atoms with van der Waals surface area (Å²) in [6.07, 6.45) is 0. The van der Waals surface area contributed by atoms with Crippen LogP contribution < -0.4 is 0 Å². The third-order valence-corrected chi connectivity index (χ3v) is 4.76. The predicted molar refractivity (Wildman–Crippen MR) is 89.0 cm³/mol. The highest BCUT2D eigenvalue weighted by Crippen LogP contribution is 2.32.